The van der Waals surface area contributed by atoms with E-state index in [-0.39, 0.29) is 29.3 Å². The van der Waals surface area contributed by atoms with Crippen LogP contribution in [0.4, 0.5) is 23.2 Å². The first-order valence-corrected chi connectivity index (χ1v) is 12.9. The second kappa shape index (κ2) is 11.5. The highest BCUT2D eigenvalue weighted by atomic mass is 32.1. The topological polar surface area (TPSA) is 42.3 Å². The van der Waals surface area contributed by atoms with E-state index < -0.39 is 11.7 Å². The molecular weight excluding hydrogens is 528 g/mol. The highest BCUT2D eigenvalue weighted by molar-refractivity contribution is 7.80. The number of aromatic nitrogens is 2. The summed E-state index contributed by atoms with van der Waals surface area (Å²) in [5.41, 5.74) is 2.02. The van der Waals surface area contributed by atoms with E-state index in [2.05, 4.69) is 5.32 Å². The second-order valence-corrected chi connectivity index (χ2v) is 9.67. The molecule has 0 radical (unpaired) electrons. The summed E-state index contributed by atoms with van der Waals surface area (Å²) in [6.45, 7) is 1.27. The van der Waals surface area contributed by atoms with E-state index in [9.17, 15) is 17.6 Å². The van der Waals surface area contributed by atoms with Crippen LogP contribution in [-0.2, 0) is 17.5 Å². The lowest BCUT2D eigenvalue weighted by Crippen LogP contribution is -2.39. The first-order valence-electron chi connectivity index (χ1n) is 12.5. The van der Waals surface area contributed by atoms with Gasteiger partial charge in [-0.25, -0.2) is 9.07 Å². The fourth-order valence-corrected chi connectivity index (χ4v) is 4.83. The number of benzene rings is 3. The van der Waals surface area contributed by atoms with Gasteiger partial charge in [0.15, 0.2) is 5.11 Å². The Morgan fingerprint density at radius 3 is 2.44 bits per heavy atom. The van der Waals surface area contributed by atoms with E-state index in [0.717, 1.165) is 30.2 Å². The molecule has 1 N–H and O–H groups in total. The van der Waals surface area contributed by atoms with Crippen molar-refractivity contribution in [3.8, 4) is 16.9 Å². The van der Waals surface area contributed by atoms with Crippen molar-refractivity contribution in [2.24, 2.45) is 0 Å². The molecule has 1 fully saturated rings. The van der Waals surface area contributed by atoms with Crippen molar-refractivity contribution in [3.05, 3.63) is 102 Å². The van der Waals surface area contributed by atoms with Crippen LogP contribution in [0.2, 0.25) is 0 Å². The lowest BCUT2D eigenvalue weighted by molar-refractivity contribution is -0.136. The van der Waals surface area contributed by atoms with Gasteiger partial charge in [-0.2, -0.15) is 18.3 Å². The highest BCUT2D eigenvalue weighted by Gasteiger charge is 2.34. The SMILES string of the molecule is Fc1ccc(-c2nn(-c3ccccc3)cc2CN(C[C@H]2CCCO2)C(=S)Nc2ccccc2C(F)(F)F)cc1. The zero-order valence-corrected chi connectivity index (χ0v) is 21.7. The number of ether oxygens (including phenoxy) is 1. The van der Waals surface area contributed by atoms with E-state index in [4.69, 9.17) is 22.1 Å². The van der Waals surface area contributed by atoms with Crippen LogP contribution in [0, 0.1) is 5.82 Å². The number of hydrogen-bond acceptors (Lipinski definition) is 3. The van der Waals surface area contributed by atoms with Crippen LogP contribution < -0.4 is 5.32 Å². The highest BCUT2D eigenvalue weighted by Crippen LogP contribution is 2.35. The first kappa shape index (κ1) is 26.8. The zero-order valence-electron chi connectivity index (χ0n) is 20.9. The molecule has 0 saturated carbocycles. The smallest absolute Gasteiger partial charge is 0.376 e. The number of alkyl halides is 3. The fraction of sp³-hybridized carbons (Fsp3) is 0.241. The van der Waals surface area contributed by atoms with Gasteiger partial charge in [-0.05, 0) is 73.6 Å². The van der Waals surface area contributed by atoms with Crippen LogP contribution in [0.3, 0.4) is 0 Å². The Bertz CT molecular complexity index is 1420. The van der Waals surface area contributed by atoms with Gasteiger partial charge >= 0.3 is 6.18 Å². The third-order valence-corrected chi connectivity index (χ3v) is 6.86. The van der Waals surface area contributed by atoms with E-state index >= 15 is 0 Å². The number of nitrogens with one attached hydrogen (secondary N) is 1. The minimum atomic E-state index is -4.54. The summed E-state index contributed by atoms with van der Waals surface area (Å²) in [7, 11) is 0. The molecule has 0 unspecified atom stereocenters. The van der Waals surface area contributed by atoms with Crippen molar-refractivity contribution < 1.29 is 22.3 Å². The Morgan fingerprint density at radius 2 is 1.74 bits per heavy atom. The molecule has 0 bridgehead atoms. The van der Waals surface area contributed by atoms with E-state index in [1.54, 1.807) is 21.7 Å². The number of para-hydroxylation sites is 2. The van der Waals surface area contributed by atoms with Crippen LogP contribution >= 0.6 is 12.2 Å². The molecule has 202 valence electrons. The van der Waals surface area contributed by atoms with Gasteiger partial charge in [0.05, 0.1) is 28.7 Å². The molecule has 1 aliphatic rings. The van der Waals surface area contributed by atoms with Crippen molar-refractivity contribution >= 4 is 23.0 Å². The van der Waals surface area contributed by atoms with Crippen LogP contribution in [0.25, 0.3) is 16.9 Å². The third kappa shape index (κ3) is 6.46. The van der Waals surface area contributed by atoms with Crippen molar-refractivity contribution in [1.82, 2.24) is 14.7 Å². The predicted octanol–water partition coefficient (Wildman–Crippen LogP) is 7.08. The van der Waals surface area contributed by atoms with Gasteiger partial charge < -0.3 is 15.0 Å². The monoisotopic (exact) mass is 554 g/mol. The Hall–Kier alpha value is -3.76. The van der Waals surface area contributed by atoms with Crippen molar-refractivity contribution in [2.75, 3.05) is 18.5 Å². The average molecular weight is 555 g/mol. The molecule has 0 amide bonds. The molecule has 1 saturated heterocycles. The largest absolute Gasteiger partial charge is 0.418 e. The van der Waals surface area contributed by atoms with E-state index in [1.165, 1.54) is 30.3 Å². The lowest BCUT2D eigenvalue weighted by Gasteiger charge is -2.29. The summed E-state index contributed by atoms with van der Waals surface area (Å²) in [5, 5.41) is 7.74. The Kier molecular flexibility index (Phi) is 7.94. The number of anilines is 1. The van der Waals surface area contributed by atoms with Gasteiger partial charge in [0.25, 0.3) is 0 Å². The molecule has 10 heteroatoms. The van der Waals surface area contributed by atoms with Gasteiger partial charge in [-0.3, -0.25) is 0 Å². The Morgan fingerprint density at radius 1 is 1.03 bits per heavy atom. The van der Waals surface area contributed by atoms with Crippen LogP contribution in [-0.4, -0.2) is 39.0 Å². The standard InChI is InChI=1S/C29H26F4N4OS/c30-22-14-12-20(13-15-22)27-21(18-37(35-27)23-7-2-1-3-8-23)17-36(19-24-9-6-16-38-24)28(39)34-26-11-5-4-10-25(26)29(31,32)33/h1-5,7-8,10-15,18,24H,6,9,16-17,19H2,(H,34,39)/t24-/m1/s1. The molecule has 5 nitrogen and oxygen atoms in total. The molecule has 0 aliphatic carbocycles. The number of nitrogens with zero attached hydrogens (tertiary/aromatic N) is 3. The summed E-state index contributed by atoms with van der Waals surface area (Å²) in [5.74, 6) is -0.364. The third-order valence-electron chi connectivity index (χ3n) is 6.50. The zero-order chi connectivity index (χ0) is 27.4. The molecule has 5 rings (SSSR count). The maximum atomic E-state index is 13.7. The molecule has 1 aliphatic heterocycles. The normalized spacial score (nSPS) is 15.3. The maximum Gasteiger partial charge on any atom is 0.418 e. The minimum absolute atomic E-state index is 0.110. The van der Waals surface area contributed by atoms with Crippen LogP contribution in [0.15, 0.2) is 85.1 Å². The second-order valence-electron chi connectivity index (χ2n) is 9.28. The predicted molar refractivity (Wildman–Crippen MR) is 146 cm³/mol. The molecule has 4 aromatic rings. The number of rotatable bonds is 7. The van der Waals surface area contributed by atoms with Gasteiger partial charge in [-0.1, -0.05) is 30.3 Å². The summed E-state index contributed by atoms with van der Waals surface area (Å²) in [4.78, 5) is 1.80. The maximum absolute atomic E-state index is 13.7. The van der Waals surface area contributed by atoms with Crippen molar-refractivity contribution in [1.29, 1.82) is 0 Å². The van der Waals surface area contributed by atoms with Gasteiger partial charge in [0.2, 0.25) is 0 Å². The van der Waals surface area contributed by atoms with Crippen molar-refractivity contribution in [2.45, 2.75) is 31.7 Å². The molecule has 3 aromatic carbocycles. The first-order chi connectivity index (χ1) is 18.8. The van der Waals surface area contributed by atoms with Gasteiger partial charge in [0, 0.05) is 37.0 Å². The summed E-state index contributed by atoms with van der Waals surface area (Å²) < 4.78 is 62.2. The summed E-state index contributed by atoms with van der Waals surface area (Å²) in [6.07, 6.45) is -1.05. The molecule has 1 atom stereocenters. The van der Waals surface area contributed by atoms with Crippen LogP contribution in [0.1, 0.15) is 24.0 Å². The molecule has 39 heavy (non-hydrogen) atoms. The van der Waals surface area contributed by atoms with Gasteiger partial charge in [-0.15, -0.1) is 0 Å². The molecule has 1 aromatic heterocycles. The minimum Gasteiger partial charge on any atom is -0.376 e. The average Bonchev–Trinajstić information content (AvgIpc) is 3.59. The number of hydrogen-bond donors (Lipinski definition) is 1. The fourth-order valence-electron chi connectivity index (χ4n) is 4.58. The summed E-state index contributed by atoms with van der Waals surface area (Å²) in [6, 6.07) is 20.8. The molecule has 0 spiro atoms. The quantitative estimate of drug-likeness (QED) is 0.195. The lowest BCUT2D eigenvalue weighted by atomic mass is 10.1. The molecule has 2 heterocycles. The van der Waals surface area contributed by atoms with Gasteiger partial charge in [0.1, 0.15) is 5.82 Å². The Labute approximate surface area is 229 Å². The summed E-state index contributed by atoms with van der Waals surface area (Å²) >= 11 is 5.67. The number of thiocarbonyl (C=S) groups is 1. The molecular formula is C29H26F4N4OS. The Balaban J connectivity index is 1.50. The number of halogens is 4. The van der Waals surface area contributed by atoms with E-state index in [0.29, 0.717) is 24.4 Å². The van der Waals surface area contributed by atoms with Crippen LogP contribution in [0.5, 0.6) is 0 Å². The van der Waals surface area contributed by atoms with E-state index in [1.807, 2.05) is 36.5 Å². The van der Waals surface area contributed by atoms with Crippen molar-refractivity contribution in [3.63, 3.8) is 0 Å².